The lowest BCUT2D eigenvalue weighted by Crippen LogP contribution is -2.14. The zero-order valence-corrected chi connectivity index (χ0v) is 24.0. The Hall–Kier alpha value is -5.42. The van der Waals surface area contributed by atoms with Gasteiger partial charge in [-0.05, 0) is 36.4 Å². The first kappa shape index (κ1) is 30.1. The molecular weight excluding hydrogens is 560 g/mol. The van der Waals surface area contributed by atoms with Crippen molar-refractivity contribution in [1.82, 2.24) is 9.97 Å². The number of hydrogen-bond acceptors (Lipinski definition) is 10. The van der Waals surface area contributed by atoms with Gasteiger partial charge in [-0.15, -0.1) is 0 Å². The second kappa shape index (κ2) is 15.7. The Morgan fingerprint density at radius 2 is 0.841 bits per heavy atom. The van der Waals surface area contributed by atoms with Crippen LogP contribution in [0, 0.1) is 22.7 Å². The number of para-hydroxylation sites is 2. The third-order valence-corrected chi connectivity index (χ3v) is 6.48. The highest BCUT2D eigenvalue weighted by Crippen LogP contribution is 2.30. The predicted molar refractivity (Wildman–Crippen MR) is 163 cm³/mol. The van der Waals surface area contributed by atoms with Crippen LogP contribution in [0.15, 0.2) is 85.2 Å². The molecule has 0 spiro atoms. The Kier molecular flexibility index (Phi) is 10.7. The molecule has 0 N–H and O–H groups in total. The second-order valence-electron chi connectivity index (χ2n) is 9.32. The van der Waals surface area contributed by atoms with E-state index in [9.17, 15) is 10.5 Å². The summed E-state index contributed by atoms with van der Waals surface area (Å²) in [5.74, 6) is 1.97. The summed E-state index contributed by atoms with van der Waals surface area (Å²) < 4.78 is 34.3. The molecule has 0 amide bonds. The van der Waals surface area contributed by atoms with Gasteiger partial charge in [0.05, 0.1) is 26.4 Å². The van der Waals surface area contributed by atoms with Crippen LogP contribution in [-0.2, 0) is 9.47 Å². The fourth-order valence-corrected chi connectivity index (χ4v) is 4.46. The molecule has 0 radical (unpaired) electrons. The lowest BCUT2D eigenvalue weighted by molar-refractivity contribution is 0.0758. The van der Waals surface area contributed by atoms with Gasteiger partial charge >= 0.3 is 0 Å². The molecule has 44 heavy (non-hydrogen) atoms. The standard InChI is InChI=1S/C34H30N4O6/c35-23-27-28(24-36)30(42-20-16-40-18-22-44-32-10-2-6-26-8-4-14-38-34(26)32)12-11-29(27)41-19-15-39-17-21-43-31-9-1-5-25-7-3-13-37-33(25)31/h1-14H,15-22H2. The van der Waals surface area contributed by atoms with Crippen LogP contribution in [-0.4, -0.2) is 62.8 Å². The van der Waals surface area contributed by atoms with Crippen LogP contribution in [0.25, 0.3) is 21.8 Å². The average Bonchev–Trinajstić information content (AvgIpc) is 3.07. The maximum atomic E-state index is 9.71. The minimum atomic E-state index is 0.106. The summed E-state index contributed by atoms with van der Waals surface area (Å²) in [6.45, 7) is 2.34. The van der Waals surface area contributed by atoms with E-state index in [0.29, 0.717) is 37.9 Å². The molecule has 0 unspecified atom stereocenters. The Balaban J connectivity index is 1.00. The number of nitrogens with zero attached hydrogens (tertiary/aromatic N) is 4. The van der Waals surface area contributed by atoms with Crippen molar-refractivity contribution in [3.63, 3.8) is 0 Å². The SMILES string of the molecule is N#Cc1c(OCCOCCOc2cccc3cccnc23)ccc(OCCOCCOc2cccc3cccnc23)c1C#N. The lowest BCUT2D eigenvalue weighted by atomic mass is 10.1. The van der Waals surface area contributed by atoms with E-state index in [1.165, 1.54) is 0 Å². The molecule has 0 aliphatic rings. The van der Waals surface area contributed by atoms with Crippen LogP contribution < -0.4 is 18.9 Å². The molecule has 0 bridgehead atoms. The van der Waals surface area contributed by atoms with Gasteiger partial charge in [-0.25, -0.2) is 0 Å². The summed E-state index contributed by atoms with van der Waals surface area (Å²) in [5, 5.41) is 21.4. The monoisotopic (exact) mass is 590 g/mol. The lowest BCUT2D eigenvalue weighted by Gasteiger charge is -2.13. The third-order valence-electron chi connectivity index (χ3n) is 6.48. The van der Waals surface area contributed by atoms with Gasteiger partial charge < -0.3 is 28.4 Å². The summed E-state index contributed by atoms with van der Waals surface area (Å²) in [5.41, 5.74) is 1.82. The maximum absolute atomic E-state index is 9.71. The predicted octanol–water partition coefficient (Wildman–Crippen LogP) is 5.48. The number of benzene rings is 3. The van der Waals surface area contributed by atoms with E-state index in [-0.39, 0.29) is 49.1 Å². The van der Waals surface area contributed by atoms with Crippen molar-refractivity contribution < 1.29 is 28.4 Å². The molecular formula is C34H30N4O6. The Morgan fingerprint density at radius 1 is 0.455 bits per heavy atom. The molecule has 10 nitrogen and oxygen atoms in total. The second-order valence-corrected chi connectivity index (χ2v) is 9.32. The van der Waals surface area contributed by atoms with E-state index in [1.54, 1.807) is 24.5 Å². The highest BCUT2D eigenvalue weighted by molar-refractivity contribution is 5.84. The van der Waals surface area contributed by atoms with Crippen molar-refractivity contribution >= 4 is 21.8 Å². The van der Waals surface area contributed by atoms with Crippen LogP contribution in [0.2, 0.25) is 0 Å². The molecule has 5 aromatic rings. The highest BCUT2D eigenvalue weighted by Gasteiger charge is 2.16. The van der Waals surface area contributed by atoms with Gasteiger partial charge in [-0.3, -0.25) is 9.97 Å². The quantitative estimate of drug-likeness (QED) is 0.136. The fraction of sp³-hybridized carbons (Fsp3) is 0.235. The summed E-state index contributed by atoms with van der Waals surface area (Å²) >= 11 is 0. The Morgan fingerprint density at radius 3 is 1.25 bits per heavy atom. The van der Waals surface area contributed by atoms with Gasteiger partial charge in [0.1, 0.15) is 83.7 Å². The van der Waals surface area contributed by atoms with Crippen molar-refractivity contribution in [3.8, 4) is 35.1 Å². The molecule has 0 atom stereocenters. The van der Waals surface area contributed by atoms with Crippen molar-refractivity contribution in [2.45, 2.75) is 0 Å². The number of fused-ring (bicyclic) bond motifs is 2. The first-order valence-corrected chi connectivity index (χ1v) is 14.1. The number of nitriles is 2. The van der Waals surface area contributed by atoms with E-state index in [4.69, 9.17) is 28.4 Å². The van der Waals surface area contributed by atoms with Gasteiger partial charge in [0, 0.05) is 23.2 Å². The van der Waals surface area contributed by atoms with E-state index < -0.39 is 0 Å². The summed E-state index contributed by atoms with van der Waals surface area (Å²) in [4.78, 5) is 8.74. The average molecular weight is 591 g/mol. The van der Waals surface area contributed by atoms with E-state index in [1.807, 2.05) is 72.8 Å². The molecule has 10 heteroatoms. The topological polar surface area (TPSA) is 129 Å². The molecule has 2 aromatic heterocycles. The highest BCUT2D eigenvalue weighted by atomic mass is 16.6. The summed E-state index contributed by atoms with van der Waals surface area (Å²) in [6.07, 6.45) is 3.46. The smallest absolute Gasteiger partial charge is 0.145 e. The first-order valence-electron chi connectivity index (χ1n) is 14.1. The minimum absolute atomic E-state index is 0.106. The van der Waals surface area contributed by atoms with Gasteiger partial charge in [-0.2, -0.15) is 10.5 Å². The zero-order chi connectivity index (χ0) is 30.4. The van der Waals surface area contributed by atoms with Crippen LogP contribution in [0.4, 0.5) is 0 Å². The van der Waals surface area contributed by atoms with Gasteiger partial charge in [0.25, 0.3) is 0 Å². The summed E-state index contributed by atoms with van der Waals surface area (Å²) in [6, 6.07) is 26.6. The maximum Gasteiger partial charge on any atom is 0.145 e. The molecule has 2 heterocycles. The van der Waals surface area contributed by atoms with Crippen molar-refractivity contribution in [2.24, 2.45) is 0 Å². The number of rotatable bonds is 16. The third kappa shape index (κ3) is 7.69. The normalized spacial score (nSPS) is 10.7. The largest absolute Gasteiger partial charge is 0.490 e. The van der Waals surface area contributed by atoms with E-state index >= 15 is 0 Å². The van der Waals surface area contributed by atoms with Crippen molar-refractivity contribution in [3.05, 3.63) is 96.3 Å². The molecule has 0 saturated carbocycles. The molecule has 3 aromatic carbocycles. The van der Waals surface area contributed by atoms with Crippen LogP contribution >= 0.6 is 0 Å². The van der Waals surface area contributed by atoms with Crippen LogP contribution in [0.5, 0.6) is 23.0 Å². The van der Waals surface area contributed by atoms with Gasteiger partial charge in [0.2, 0.25) is 0 Å². The number of pyridine rings is 2. The Bertz CT molecular complexity index is 1640. The molecule has 0 aliphatic heterocycles. The van der Waals surface area contributed by atoms with Gasteiger partial charge in [-0.1, -0.05) is 36.4 Å². The van der Waals surface area contributed by atoms with Crippen LogP contribution in [0.3, 0.4) is 0 Å². The van der Waals surface area contributed by atoms with Crippen LogP contribution in [0.1, 0.15) is 11.1 Å². The van der Waals surface area contributed by atoms with Gasteiger partial charge in [0.15, 0.2) is 0 Å². The zero-order valence-electron chi connectivity index (χ0n) is 24.0. The fourth-order valence-electron chi connectivity index (χ4n) is 4.46. The summed E-state index contributed by atoms with van der Waals surface area (Å²) in [7, 11) is 0. The molecule has 222 valence electrons. The molecule has 0 saturated heterocycles. The van der Waals surface area contributed by atoms with Crippen molar-refractivity contribution in [1.29, 1.82) is 10.5 Å². The number of hydrogen-bond donors (Lipinski definition) is 0. The molecule has 5 rings (SSSR count). The number of aromatic nitrogens is 2. The van der Waals surface area contributed by atoms with Crippen molar-refractivity contribution in [2.75, 3.05) is 52.9 Å². The molecule has 0 aliphatic carbocycles. The minimum Gasteiger partial charge on any atom is -0.490 e. The first-order chi connectivity index (χ1) is 21.8. The Labute approximate surface area is 254 Å². The molecule has 0 fully saturated rings. The number of ether oxygens (including phenoxy) is 6. The van der Waals surface area contributed by atoms with E-state index in [2.05, 4.69) is 9.97 Å². The van der Waals surface area contributed by atoms with E-state index in [0.717, 1.165) is 21.8 Å².